The first-order valence-corrected chi connectivity index (χ1v) is 6.22. The zero-order chi connectivity index (χ0) is 14.5. The molecule has 0 saturated carbocycles. The molecular formula is C14H12ClN3O2. The van der Waals surface area contributed by atoms with E-state index in [0.29, 0.717) is 22.8 Å². The fourth-order valence-electron chi connectivity index (χ4n) is 1.63. The first kappa shape index (κ1) is 14.0. The average molecular weight is 290 g/mol. The molecule has 2 rings (SSSR count). The predicted octanol–water partition coefficient (Wildman–Crippen LogP) is 1.76. The zero-order valence-corrected chi connectivity index (χ0v) is 11.2. The molecule has 102 valence electrons. The molecule has 0 aliphatic carbocycles. The molecule has 1 aromatic carbocycles. The molecule has 1 aromatic heterocycles. The number of carbonyl (C=O) groups excluding carboxylic acids is 2. The Balaban J connectivity index is 2.01. The van der Waals surface area contributed by atoms with E-state index in [1.807, 2.05) is 0 Å². The van der Waals surface area contributed by atoms with Crippen molar-refractivity contribution in [2.24, 2.45) is 5.73 Å². The summed E-state index contributed by atoms with van der Waals surface area (Å²) < 4.78 is 0. The Hall–Kier alpha value is -2.40. The molecule has 0 spiro atoms. The molecule has 3 N–H and O–H groups in total. The number of hydrogen-bond donors (Lipinski definition) is 2. The monoisotopic (exact) mass is 289 g/mol. The van der Waals surface area contributed by atoms with Crippen molar-refractivity contribution in [3.8, 4) is 0 Å². The van der Waals surface area contributed by atoms with E-state index in [2.05, 4.69) is 10.3 Å². The van der Waals surface area contributed by atoms with Gasteiger partial charge in [0.1, 0.15) is 5.15 Å². The quantitative estimate of drug-likeness (QED) is 0.841. The molecule has 6 heteroatoms. The van der Waals surface area contributed by atoms with Crippen LogP contribution in [0.3, 0.4) is 0 Å². The summed E-state index contributed by atoms with van der Waals surface area (Å²) in [6.07, 6.45) is 1.40. The van der Waals surface area contributed by atoms with Crippen LogP contribution in [0, 0.1) is 0 Å². The topological polar surface area (TPSA) is 85.1 Å². The van der Waals surface area contributed by atoms with Gasteiger partial charge in [0.15, 0.2) is 0 Å². The summed E-state index contributed by atoms with van der Waals surface area (Å²) in [6, 6.07) is 9.91. The van der Waals surface area contributed by atoms with E-state index in [0.717, 1.165) is 5.56 Å². The highest BCUT2D eigenvalue weighted by molar-refractivity contribution is 6.29. The summed E-state index contributed by atoms with van der Waals surface area (Å²) in [7, 11) is 0. The molecule has 0 saturated heterocycles. The van der Waals surface area contributed by atoms with Gasteiger partial charge in [-0.1, -0.05) is 23.7 Å². The molecule has 5 nitrogen and oxygen atoms in total. The Kier molecular flexibility index (Phi) is 4.32. The van der Waals surface area contributed by atoms with E-state index in [9.17, 15) is 9.59 Å². The van der Waals surface area contributed by atoms with E-state index < -0.39 is 5.91 Å². The highest BCUT2D eigenvalue weighted by atomic mass is 35.5. The van der Waals surface area contributed by atoms with Crippen molar-refractivity contribution in [2.45, 2.75) is 6.54 Å². The van der Waals surface area contributed by atoms with Gasteiger partial charge in [-0.15, -0.1) is 0 Å². The Morgan fingerprint density at radius 3 is 2.65 bits per heavy atom. The number of benzene rings is 1. The second kappa shape index (κ2) is 6.16. The summed E-state index contributed by atoms with van der Waals surface area (Å²) in [5, 5.41) is 3.06. The van der Waals surface area contributed by atoms with Gasteiger partial charge in [-0.3, -0.25) is 9.59 Å². The third kappa shape index (κ3) is 3.55. The zero-order valence-electron chi connectivity index (χ0n) is 10.5. The van der Waals surface area contributed by atoms with Gasteiger partial charge in [0.05, 0.1) is 5.56 Å². The first-order chi connectivity index (χ1) is 9.56. The van der Waals surface area contributed by atoms with Crippen LogP contribution < -0.4 is 11.1 Å². The van der Waals surface area contributed by atoms with Crippen LogP contribution in [0.15, 0.2) is 42.6 Å². The molecule has 0 radical (unpaired) electrons. The molecule has 0 fully saturated rings. The molecule has 1 heterocycles. The summed E-state index contributed by atoms with van der Waals surface area (Å²) in [4.78, 5) is 26.8. The Bertz CT molecular complexity index is 641. The standard InChI is InChI=1S/C14H12ClN3O2/c15-12-5-4-11(8-17-12)14(20)18-7-9-2-1-3-10(6-9)13(16)19/h1-6,8H,7H2,(H2,16,19)(H,18,20). The van der Waals surface area contributed by atoms with Crippen molar-refractivity contribution < 1.29 is 9.59 Å². The van der Waals surface area contributed by atoms with Gasteiger partial charge in [0, 0.05) is 18.3 Å². The van der Waals surface area contributed by atoms with Crippen molar-refractivity contribution in [3.05, 3.63) is 64.4 Å². The van der Waals surface area contributed by atoms with Crippen LogP contribution in [0.4, 0.5) is 0 Å². The molecule has 20 heavy (non-hydrogen) atoms. The van der Waals surface area contributed by atoms with Gasteiger partial charge >= 0.3 is 0 Å². The number of primary amides is 1. The minimum absolute atomic E-state index is 0.265. The molecule has 0 unspecified atom stereocenters. The summed E-state index contributed by atoms with van der Waals surface area (Å²) >= 11 is 5.65. The molecule has 0 aliphatic heterocycles. The lowest BCUT2D eigenvalue weighted by Crippen LogP contribution is -2.23. The largest absolute Gasteiger partial charge is 0.366 e. The highest BCUT2D eigenvalue weighted by Crippen LogP contribution is 2.07. The number of hydrogen-bond acceptors (Lipinski definition) is 3. The maximum Gasteiger partial charge on any atom is 0.253 e. The number of pyridine rings is 1. The van der Waals surface area contributed by atoms with Gasteiger partial charge in [-0.2, -0.15) is 0 Å². The predicted molar refractivity (Wildman–Crippen MR) is 75.4 cm³/mol. The molecule has 0 atom stereocenters. The molecule has 2 aromatic rings. The normalized spacial score (nSPS) is 10.1. The number of rotatable bonds is 4. The minimum atomic E-state index is -0.500. The van der Waals surface area contributed by atoms with Gasteiger partial charge < -0.3 is 11.1 Å². The van der Waals surface area contributed by atoms with Crippen LogP contribution in [-0.2, 0) is 6.54 Å². The minimum Gasteiger partial charge on any atom is -0.366 e. The van der Waals surface area contributed by atoms with Crippen LogP contribution in [0.5, 0.6) is 0 Å². The van der Waals surface area contributed by atoms with Gasteiger partial charge in [0.25, 0.3) is 5.91 Å². The van der Waals surface area contributed by atoms with Crippen LogP contribution in [0.2, 0.25) is 5.15 Å². The van der Waals surface area contributed by atoms with Crippen molar-refractivity contribution in [2.75, 3.05) is 0 Å². The third-order valence-corrected chi connectivity index (χ3v) is 2.88. The molecular weight excluding hydrogens is 278 g/mol. The molecule has 0 bridgehead atoms. The van der Waals surface area contributed by atoms with E-state index in [4.69, 9.17) is 17.3 Å². The number of halogens is 1. The number of nitrogens with two attached hydrogens (primary N) is 1. The van der Waals surface area contributed by atoms with Crippen molar-refractivity contribution in [1.82, 2.24) is 10.3 Å². The van der Waals surface area contributed by atoms with Gasteiger partial charge in [-0.25, -0.2) is 4.98 Å². The second-order valence-electron chi connectivity index (χ2n) is 4.12. The van der Waals surface area contributed by atoms with Crippen molar-refractivity contribution >= 4 is 23.4 Å². The number of nitrogens with zero attached hydrogens (tertiary/aromatic N) is 1. The number of aromatic nitrogens is 1. The lowest BCUT2D eigenvalue weighted by atomic mass is 10.1. The number of nitrogens with one attached hydrogen (secondary N) is 1. The second-order valence-corrected chi connectivity index (χ2v) is 4.50. The summed E-state index contributed by atoms with van der Waals surface area (Å²) in [5.74, 6) is -0.765. The average Bonchev–Trinajstić information content (AvgIpc) is 2.46. The van der Waals surface area contributed by atoms with Crippen LogP contribution in [-0.4, -0.2) is 16.8 Å². The fraction of sp³-hybridized carbons (Fsp3) is 0.0714. The Labute approximate surface area is 120 Å². The van der Waals surface area contributed by atoms with Gasteiger partial charge in [0.2, 0.25) is 5.91 Å². The van der Waals surface area contributed by atoms with Crippen molar-refractivity contribution in [1.29, 1.82) is 0 Å². The maximum atomic E-state index is 11.9. The Morgan fingerprint density at radius 2 is 2.00 bits per heavy atom. The molecule has 2 amide bonds. The van der Waals surface area contributed by atoms with Gasteiger partial charge in [-0.05, 0) is 29.8 Å². The third-order valence-electron chi connectivity index (χ3n) is 2.65. The van der Waals surface area contributed by atoms with E-state index in [-0.39, 0.29) is 5.91 Å². The number of carbonyl (C=O) groups is 2. The highest BCUT2D eigenvalue weighted by Gasteiger charge is 2.06. The summed E-state index contributed by atoms with van der Waals surface area (Å²) in [5.41, 5.74) is 6.81. The Morgan fingerprint density at radius 1 is 1.20 bits per heavy atom. The van der Waals surface area contributed by atoms with Crippen LogP contribution in [0.1, 0.15) is 26.3 Å². The van der Waals surface area contributed by atoms with E-state index in [1.54, 1.807) is 36.4 Å². The first-order valence-electron chi connectivity index (χ1n) is 5.85. The maximum absolute atomic E-state index is 11.9. The lowest BCUT2D eigenvalue weighted by Gasteiger charge is -2.06. The molecule has 0 aliphatic rings. The van der Waals surface area contributed by atoms with Crippen LogP contribution >= 0.6 is 11.6 Å². The smallest absolute Gasteiger partial charge is 0.253 e. The lowest BCUT2D eigenvalue weighted by molar-refractivity contribution is 0.0950. The SMILES string of the molecule is NC(=O)c1cccc(CNC(=O)c2ccc(Cl)nc2)c1. The van der Waals surface area contributed by atoms with E-state index >= 15 is 0 Å². The summed E-state index contributed by atoms with van der Waals surface area (Å²) in [6.45, 7) is 0.294. The van der Waals surface area contributed by atoms with Crippen molar-refractivity contribution in [3.63, 3.8) is 0 Å². The fourth-order valence-corrected chi connectivity index (χ4v) is 1.74. The van der Waals surface area contributed by atoms with Crippen LogP contribution in [0.25, 0.3) is 0 Å². The number of amides is 2. The van der Waals surface area contributed by atoms with E-state index in [1.165, 1.54) is 6.20 Å².